The second-order valence-corrected chi connectivity index (χ2v) is 10.4. The van der Waals surface area contributed by atoms with E-state index in [-0.39, 0.29) is 10.8 Å². The van der Waals surface area contributed by atoms with Crippen LogP contribution in [0.3, 0.4) is 0 Å². The maximum atomic E-state index is 11.2. The van der Waals surface area contributed by atoms with E-state index in [9.17, 15) is 4.79 Å². The third kappa shape index (κ3) is 8.54. The van der Waals surface area contributed by atoms with Crippen molar-refractivity contribution in [3.8, 4) is 34.8 Å². The molecule has 0 amide bonds. The van der Waals surface area contributed by atoms with Crippen LogP contribution in [0.1, 0.15) is 0 Å². The first kappa shape index (κ1) is 33.9. The van der Waals surface area contributed by atoms with Gasteiger partial charge < -0.3 is 18.9 Å². The number of pyridine rings is 3. The molecule has 16 heteroatoms. The molecule has 0 unspecified atom stereocenters. The summed E-state index contributed by atoms with van der Waals surface area (Å²) < 4.78 is 15.6. The van der Waals surface area contributed by atoms with Crippen LogP contribution in [0.5, 0.6) is 11.8 Å². The topological polar surface area (TPSA) is 168 Å². The van der Waals surface area contributed by atoms with Crippen molar-refractivity contribution in [3.05, 3.63) is 150 Å². The van der Waals surface area contributed by atoms with Gasteiger partial charge in [0.1, 0.15) is 28.3 Å². The highest BCUT2D eigenvalue weighted by Gasteiger charge is 2.09. The Kier molecular flexibility index (Phi) is 10.9. The van der Waals surface area contributed by atoms with Crippen LogP contribution in [0.25, 0.3) is 40.0 Å². The van der Waals surface area contributed by atoms with Gasteiger partial charge in [-0.25, -0.2) is 29.9 Å². The Morgan fingerprint density at radius 2 is 1.20 bits per heavy atom. The molecule has 0 radical (unpaired) electrons. The summed E-state index contributed by atoms with van der Waals surface area (Å²) in [6.45, 7) is 0. The van der Waals surface area contributed by atoms with Gasteiger partial charge in [-0.2, -0.15) is 9.97 Å². The third-order valence-corrected chi connectivity index (χ3v) is 7.11. The zero-order chi connectivity index (χ0) is 35.4. The van der Waals surface area contributed by atoms with Crippen molar-refractivity contribution in [3.63, 3.8) is 0 Å². The standard InChI is InChI=1S/C12H10N4O.C11H8N4O.C7H6N2.C5H5ClN2O/c1-17-11-5-6-13-12(15-11)9-8-14-10-4-2-3-7-16(9)10;16-10-4-5-12-11(14-10)8-7-13-9-3-1-2-6-15(8)9;1-2-5-9-6-4-8-7(9)3-1;1-9-4-2-3-7-5(6)8-4/h2-8H,1H3;1-7H,(H,12,14,16);1-6H;2-3H,1H3. The highest BCUT2D eigenvalue weighted by molar-refractivity contribution is 6.28. The molecule has 0 aliphatic carbocycles. The van der Waals surface area contributed by atoms with Crippen LogP contribution in [-0.2, 0) is 0 Å². The van der Waals surface area contributed by atoms with E-state index in [4.69, 9.17) is 21.1 Å². The molecule has 0 atom stereocenters. The fourth-order valence-electron chi connectivity index (χ4n) is 4.58. The first-order chi connectivity index (χ1) is 25.0. The lowest BCUT2D eigenvalue weighted by Crippen LogP contribution is -2.06. The molecule has 1 N–H and O–H groups in total. The fourth-order valence-corrected chi connectivity index (χ4v) is 4.72. The molecule has 9 rings (SSSR count). The van der Waals surface area contributed by atoms with Crippen LogP contribution in [0.4, 0.5) is 0 Å². The number of hydrogen-bond acceptors (Lipinski definition) is 11. The highest BCUT2D eigenvalue weighted by Crippen LogP contribution is 2.18. The average molecular weight is 701 g/mol. The van der Waals surface area contributed by atoms with Crippen molar-refractivity contribution in [2.24, 2.45) is 0 Å². The van der Waals surface area contributed by atoms with Crippen LogP contribution < -0.4 is 15.0 Å². The second-order valence-electron chi connectivity index (χ2n) is 10.1. The van der Waals surface area contributed by atoms with E-state index in [1.54, 1.807) is 44.0 Å². The maximum absolute atomic E-state index is 11.2. The number of imidazole rings is 3. The molecule has 9 heterocycles. The van der Waals surface area contributed by atoms with Gasteiger partial charge in [0, 0.05) is 67.8 Å². The number of methoxy groups -OCH3 is 2. The summed E-state index contributed by atoms with van der Waals surface area (Å²) in [5, 5.41) is 0.203. The summed E-state index contributed by atoms with van der Waals surface area (Å²) in [5.74, 6) is 2.14. The first-order valence-electron chi connectivity index (χ1n) is 15.2. The Hall–Kier alpha value is -7.00. The molecule has 0 saturated carbocycles. The van der Waals surface area contributed by atoms with Crippen molar-refractivity contribution in [1.29, 1.82) is 0 Å². The lowest BCUT2D eigenvalue weighted by Gasteiger charge is -2.02. The SMILES string of the molecule is COc1ccnc(-c2cnc3ccccn23)n1.COc1ccnc(Cl)n1.O=c1ccnc(-c2cnc3ccccn23)[nH]1.c1ccn2ccnc2c1. The number of aromatic amines is 1. The van der Waals surface area contributed by atoms with Gasteiger partial charge >= 0.3 is 0 Å². The summed E-state index contributed by atoms with van der Waals surface area (Å²) in [7, 11) is 3.11. The van der Waals surface area contributed by atoms with Gasteiger partial charge in [-0.1, -0.05) is 18.2 Å². The van der Waals surface area contributed by atoms with Crippen molar-refractivity contribution in [2.75, 3.05) is 14.2 Å². The van der Waals surface area contributed by atoms with Gasteiger partial charge in [0.2, 0.25) is 17.0 Å². The number of aromatic nitrogens is 12. The summed E-state index contributed by atoms with van der Waals surface area (Å²) >= 11 is 5.42. The number of halogens is 1. The number of nitrogens with zero attached hydrogens (tertiary/aromatic N) is 11. The molecule has 0 aliphatic rings. The lowest BCUT2D eigenvalue weighted by atomic mass is 10.4. The Bertz CT molecular complexity index is 2520. The van der Waals surface area contributed by atoms with Crippen molar-refractivity contribution in [2.45, 2.75) is 0 Å². The van der Waals surface area contributed by atoms with Crippen molar-refractivity contribution >= 4 is 28.5 Å². The fraction of sp³-hybridized carbons (Fsp3) is 0.0571. The third-order valence-electron chi connectivity index (χ3n) is 6.93. The molecule has 0 aliphatic heterocycles. The van der Waals surface area contributed by atoms with E-state index in [0.29, 0.717) is 23.4 Å². The zero-order valence-corrected chi connectivity index (χ0v) is 28.0. The zero-order valence-electron chi connectivity index (χ0n) is 27.2. The summed E-state index contributed by atoms with van der Waals surface area (Å²) in [6, 6.07) is 22.2. The van der Waals surface area contributed by atoms with E-state index in [2.05, 4.69) is 44.9 Å². The number of fused-ring (bicyclic) bond motifs is 3. The largest absolute Gasteiger partial charge is 0.481 e. The van der Waals surface area contributed by atoms with Crippen LogP contribution in [0, 0.1) is 0 Å². The quantitative estimate of drug-likeness (QED) is 0.235. The number of rotatable bonds is 4. The molecule has 51 heavy (non-hydrogen) atoms. The molecule has 15 nitrogen and oxygen atoms in total. The van der Waals surface area contributed by atoms with Crippen LogP contribution >= 0.6 is 11.6 Å². The number of hydrogen-bond donors (Lipinski definition) is 1. The second kappa shape index (κ2) is 16.4. The Balaban J connectivity index is 0.000000122. The van der Waals surface area contributed by atoms with Crippen LogP contribution in [0.15, 0.2) is 140 Å². The number of nitrogens with one attached hydrogen (secondary N) is 1. The molecule has 9 aromatic rings. The molecule has 0 saturated heterocycles. The summed E-state index contributed by atoms with van der Waals surface area (Å²) in [4.78, 5) is 46.5. The van der Waals surface area contributed by atoms with Gasteiger partial charge in [0.15, 0.2) is 11.6 Å². The van der Waals surface area contributed by atoms with Gasteiger partial charge in [-0.05, 0) is 48.0 Å². The molecular formula is C35H29ClN12O3. The average Bonchev–Trinajstić information content (AvgIpc) is 3.94. The van der Waals surface area contributed by atoms with E-state index in [0.717, 1.165) is 28.3 Å². The molecule has 254 valence electrons. The van der Waals surface area contributed by atoms with Gasteiger partial charge in [0.25, 0.3) is 5.56 Å². The highest BCUT2D eigenvalue weighted by atomic mass is 35.5. The van der Waals surface area contributed by atoms with Gasteiger partial charge in [0.05, 0.1) is 26.6 Å². The van der Waals surface area contributed by atoms with Crippen molar-refractivity contribution < 1.29 is 9.47 Å². The predicted molar refractivity (Wildman–Crippen MR) is 191 cm³/mol. The Labute approximate surface area is 294 Å². The summed E-state index contributed by atoms with van der Waals surface area (Å²) in [5.41, 5.74) is 4.14. The Morgan fingerprint density at radius 1 is 0.588 bits per heavy atom. The van der Waals surface area contributed by atoms with Crippen LogP contribution in [-0.4, -0.2) is 72.3 Å². The number of ether oxygens (including phenoxy) is 2. The molecule has 0 aromatic carbocycles. The molecule has 9 aromatic heterocycles. The minimum Gasteiger partial charge on any atom is -0.481 e. The maximum Gasteiger partial charge on any atom is 0.251 e. The van der Waals surface area contributed by atoms with E-state index >= 15 is 0 Å². The minimum atomic E-state index is -0.170. The Morgan fingerprint density at radius 3 is 1.84 bits per heavy atom. The van der Waals surface area contributed by atoms with Crippen molar-refractivity contribution in [1.82, 2.24) is 58.1 Å². The van der Waals surface area contributed by atoms with E-state index in [1.165, 1.54) is 25.6 Å². The van der Waals surface area contributed by atoms with E-state index in [1.807, 2.05) is 92.6 Å². The van der Waals surface area contributed by atoms with Gasteiger partial charge in [-0.15, -0.1) is 0 Å². The van der Waals surface area contributed by atoms with Gasteiger partial charge in [-0.3, -0.25) is 13.6 Å². The smallest absolute Gasteiger partial charge is 0.251 e. The lowest BCUT2D eigenvalue weighted by molar-refractivity contribution is 0.397. The predicted octanol–water partition coefficient (Wildman–Crippen LogP) is 5.36. The van der Waals surface area contributed by atoms with E-state index < -0.39 is 0 Å². The summed E-state index contributed by atoms with van der Waals surface area (Å²) in [6.07, 6.45) is 17.6. The normalized spacial score (nSPS) is 10.3. The first-order valence-corrected chi connectivity index (χ1v) is 15.6. The molecule has 0 spiro atoms. The number of H-pyrrole nitrogens is 1. The molecule has 0 fully saturated rings. The molecular weight excluding hydrogens is 672 g/mol. The monoisotopic (exact) mass is 700 g/mol. The van der Waals surface area contributed by atoms with Crippen LogP contribution in [0.2, 0.25) is 5.28 Å². The molecule has 0 bridgehead atoms. The minimum absolute atomic E-state index is 0.170.